The minimum atomic E-state index is -3.36. The normalized spacial score (nSPS) is 21.8. The van der Waals surface area contributed by atoms with Gasteiger partial charge in [0.15, 0.2) is 0 Å². The Balaban J connectivity index is 1.61. The predicted molar refractivity (Wildman–Crippen MR) is 98.3 cm³/mol. The van der Waals surface area contributed by atoms with E-state index < -0.39 is 22.0 Å². The van der Waals surface area contributed by atoms with Crippen LogP contribution in [0.1, 0.15) is 23.2 Å². The smallest absolute Gasteiger partial charge is 0.248 e. The van der Waals surface area contributed by atoms with E-state index >= 15 is 0 Å². The van der Waals surface area contributed by atoms with Crippen LogP contribution in [0.15, 0.2) is 24.3 Å². The first-order valence-electron chi connectivity index (χ1n) is 8.68. The Hall–Kier alpha value is -2.13. The van der Waals surface area contributed by atoms with Crippen LogP contribution in [-0.2, 0) is 14.8 Å². The van der Waals surface area contributed by atoms with Crippen molar-refractivity contribution in [1.82, 2.24) is 9.21 Å². The third-order valence-corrected chi connectivity index (χ3v) is 6.31. The van der Waals surface area contributed by atoms with Crippen LogP contribution < -0.4 is 10.6 Å². The molecule has 0 spiro atoms. The van der Waals surface area contributed by atoms with Gasteiger partial charge in [0, 0.05) is 44.0 Å². The molecule has 0 bridgehead atoms. The Morgan fingerprint density at radius 3 is 2.19 bits per heavy atom. The highest BCUT2D eigenvalue weighted by molar-refractivity contribution is 7.88. The van der Waals surface area contributed by atoms with Crippen molar-refractivity contribution in [2.24, 2.45) is 5.73 Å². The predicted octanol–water partition coefficient (Wildman–Crippen LogP) is -0.142. The second kappa shape index (κ2) is 7.24. The minimum Gasteiger partial charge on any atom is -0.368 e. The van der Waals surface area contributed by atoms with Crippen molar-refractivity contribution < 1.29 is 18.0 Å². The summed E-state index contributed by atoms with van der Waals surface area (Å²) in [6.07, 6.45) is 2.46. The lowest BCUT2D eigenvalue weighted by atomic mass is 10.1. The van der Waals surface area contributed by atoms with E-state index in [1.165, 1.54) is 4.31 Å². The highest BCUT2D eigenvalue weighted by Gasteiger charge is 2.39. The number of hydrogen-bond donors (Lipinski definition) is 1. The van der Waals surface area contributed by atoms with E-state index in [0.29, 0.717) is 44.7 Å². The Kier molecular flexibility index (Phi) is 5.19. The molecule has 142 valence electrons. The quantitative estimate of drug-likeness (QED) is 0.783. The topological polar surface area (TPSA) is 104 Å². The van der Waals surface area contributed by atoms with Crippen molar-refractivity contribution in [3.63, 3.8) is 0 Å². The van der Waals surface area contributed by atoms with E-state index in [9.17, 15) is 18.0 Å². The summed E-state index contributed by atoms with van der Waals surface area (Å²) in [4.78, 5) is 27.8. The zero-order valence-corrected chi connectivity index (χ0v) is 15.6. The lowest BCUT2D eigenvalue weighted by Crippen LogP contribution is -2.54. The zero-order valence-electron chi connectivity index (χ0n) is 14.8. The third kappa shape index (κ3) is 3.83. The number of carbonyl (C=O) groups excluding carboxylic acids is 2. The van der Waals surface area contributed by atoms with Gasteiger partial charge >= 0.3 is 0 Å². The fourth-order valence-electron chi connectivity index (χ4n) is 3.62. The van der Waals surface area contributed by atoms with E-state index in [0.717, 1.165) is 18.4 Å². The molecule has 2 N–H and O–H groups in total. The summed E-state index contributed by atoms with van der Waals surface area (Å²) in [5.41, 5.74) is 6.69. The first kappa shape index (κ1) is 18.7. The average Bonchev–Trinajstić information content (AvgIpc) is 3.11. The maximum absolute atomic E-state index is 12.8. The lowest BCUT2D eigenvalue weighted by molar-refractivity contribution is -0.134. The van der Waals surface area contributed by atoms with Gasteiger partial charge < -0.3 is 15.5 Å². The molecule has 9 heteroatoms. The number of piperazine rings is 1. The van der Waals surface area contributed by atoms with E-state index in [-0.39, 0.29) is 5.91 Å². The number of primary amides is 1. The summed E-state index contributed by atoms with van der Waals surface area (Å²) in [6.45, 7) is 2.83. The maximum atomic E-state index is 12.8. The van der Waals surface area contributed by atoms with Crippen LogP contribution in [0.3, 0.4) is 0 Å². The molecule has 3 rings (SSSR count). The molecule has 2 fully saturated rings. The standard InChI is InChI=1S/C17H24N4O4S/c1-26(24,25)21-8-2-3-15(21)17(23)20-11-9-19(10-12-20)14-6-4-13(5-7-14)16(18)22/h4-7,15H,2-3,8-12H2,1H3,(H2,18,22). The summed E-state index contributed by atoms with van der Waals surface area (Å²) in [5.74, 6) is -0.560. The molecule has 2 saturated heterocycles. The van der Waals surface area contributed by atoms with Crippen molar-refractivity contribution in [2.75, 3.05) is 43.9 Å². The molecular weight excluding hydrogens is 356 g/mol. The molecule has 1 aromatic rings. The number of rotatable bonds is 4. The fraction of sp³-hybridized carbons (Fsp3) is 0.529. The van der Waals surface area contributed by atoms with Gasteiger partial charge in [-0.3, -0.25) is 9.59 Å². The molecule has 2 aliphatic heterocycles. The monoisotopic (exact) mass is 380 g/mol. The number of carbonyl (C=O) groups is 2. The number of anilines is 1. The molecule has 0 aliphatic carbocycles. The molecule has 2 heterocycles. The molecule has 1 aromatic carbocycles. The van der Waals surface area contributed by atoms with Crippen molar-refractivity contribution in [3.8, 4) is 0 Å². The van der Waals surface area contributed by atoms with Crippen LogP contribution in [0.2, 0.25) is 0 Å². The molecular formula is C17H24N4O4S. The number of benzene rings is 1. The van der Waals surface area contributed by atoms with E-state index in [4.69, 9.17) is 5.73 Å². The van der Waals surface area contributed by atoms with Gasteiger partial charge in [-0.2, -0.15) is 4.31 Å². The van der Waals surface area contributed by atoms with Crippen LogP contribution >= 0.6 is 0 Å². The van der Waals surface area contributed by atoms with E-state index in [1.54, 1.807) is 17.0 Å². The number of nitrogens with zero attached hydrogens (tertiary/aromatic N) is 3. The third-order valence-electron chi connectivity index (χ3n) is 5.02. The van der Waals surface area contributed by atoms with Crippen molar-refractivity contribution >= 4 is 27.5 Å². The van der Waals surface area contributed by atoms with Gasteiger partial charge in [0.05, 0.1) is 6.26 Å². The van der Waals surface area contributed by atoms with Crippen molar-refractivity contribution in [1.29, 1.82) is 0 Å². The zero-order chi connectivity index (χ0) is 18.9. The van der Waals surface area contributed by atoms with E-state index in [1.807, 2.05) is 12.1 Å². The molecule has 0 radical (unpaired) electrons. The van der Waals surface area contributed by atoms with Gasteiger partial charge in [0.25, 0.3) is 0 Å². The number of nitrogens with two attached hydrogens (primary N) is 1. The average molecular weight is 380 g/mol. The number of sulfonamides is 1. The molecule has 2 aliphatic rings. The van der Waals surface area contributed by atoms with Gasteiger partial charge in [0.2, 0.25) is 21.8 Å². The SMILES string of the molecule is CS(=O)(=O)N1CCCC1C(=O)N1CCN(c2ccc(C(N)=O)cc2)CC1. The van der Waals surface area contributed by atoms with Gasteiger partial charge in [-0.05, 0) is 37.1 Å². The molecule has 8 nitrogen and oxygen atoms in total. The van der Waals surface area contributed by atoms with Crippen molar-refractivity contribution in [3.05, 3.63) is 29.8 Å². The first-order chi connectivity index (χ1) is 12.3. The molecule has 1 unspecified atom stereocenters. The highest BCUT2D eigenvalue weighted by Crippen LogP contribution is 2.24. The molecule has 0 aromatic heterocycles. The van der Waals surface area contributed by atoms with Crippen LogP contribution in [0.25, 0.3) is 0 Å². The Bertz CT molecular complexity index is 785. The Labute approximate surface area is 153 Å². The minimum absolute atomic E-state index is 0.100. The number of hydrogen-bond acceptors (Lipinski definition) is 5. The van der Waals surface area contributed by atoms with Crippen molar-refractivity contribution in [2.45, 2.75) is 18.9 Å². The highest BCUT2D eigenvalue weighted by atomic mass is 32.2. The van der Waals surface area contributed by atoms with Crippen LogP contribution in [0, 0.1) is 0 Å². The first-order valence-corrected chi connectivity index (χ1v) is 10.5. The molecule has 26 heavy (non-hydrogen) atoms. The largest absolute Gasteiger partial charge is 0.368 e. The van der Waals surface area contributed by atoms with Crippen LogP contribution in [0.5, 0.6) is 0 Å². The van der Waals surface area contributed by atoms with E-state index in [2.05, 4.69) is 4.90 Å². The number of amides is 2. The Morgan fingerprint density at radius 2 is 1.65 bits per heavy atom. The maximum Gasteiger partial charge on any atom is 0.248 e. The molecule has 2 amide bonds. The van der Waals surface area contributed by atoms with Gasteiger partial charge in [-0.1, -0.05) is 0 Å². The summed E-state index contributed by atoms with van der Waals surface area (Å²) in [6, 6.07) is 6.52. The summed E-state index contributed by atoms with van der Waals surface area (Å²) in [5, 5.41) is 0. The van der Waals surface area contributed by atoms with Gasteiger partial charge in [-0.25, -0.2) is 8.42 Å². The van der Waals surface area contributed by atoms with Crippen LogP contribution in [-0.4, -0.2) is 74.5 Å². The molecule has 0 saturated carbocycles. The fourth-order valence-corrected chi connectivity index (χ4v) is 4.73. The van der Waals surface area contributed by atoms with Gasteiger partial charge in [-0.15, -0.1) is 0 Å². The lowest BCUT2D eigenvalue weighted by Gasteiger charge is -2.38. The Morgan fingerprint density at radius 1 is 1.04 bits per heavy atom. The summed E-state index contributed by atoms with van der Waals surface area (Å²) in [7, 11) is -3.36. The van der Waals surface area contributed by atoms with Gasteiger partial charge in [0.1, 0.15) is 6.04 Å². The summed E-state index contributed by atoms with van der Waals surface area (Å²) < 4.78 is 25.0. The van der Waals surface area contributed by atoms with Crippen LogP contribution in [0.4, 0.5) is 5.69 Å². The molecule has 1 atom stereocenters. The summed E-state index contributed by atoms with van der Waals surface area (Å²) >= 11 is 0. The second-order valence-electron chi connectivity index (χ2n) is 6.76. The second-order valence-corrected chi connectivity index (χ2v) is 8.69.